The first-order valence-electron chi connectivity index (χ1n) is 6.89. The molecule has 0 aliphatic rings. The number of halogens is 3. The van der Waals surface area contributed by atoms with E-state index < -0.39 is 23.3 Å². The molecule has 3 aromatic rings. The van der Waals surface area contributed by atoms with Crippen LogP contribution < -0.4 is 4.74 Å². The molecule has 0 unspecified atom stereocenters. The number of nitrogens with zero attached hydrogens (tertiary/aromatic N) is 1. The first kappa shape index (κ1) is 15.8. The van der Waals surface area contributed by atoms with E-state index in [2.05, 4.69) is 4.98 Å². The Bertz CT molecular complexity index is 945. The molecule has 0 saturated heterocycles. The Morgan fingerprint density at radius 1 is 1.12 bits per heavy atom. The predicted molar refractivity (Wildman–Crippen MR) is 81.9 cm³/mol. The van der Waals surface area contributed by atoms with Gasteiger partial charge in [0.25, 0.3) is 0 Å². The van der Waals surface area contributed by atoms with Crippen LogP contribution in [0.3, 0.4) is 0 Å². The van der Waals surface area contributed by atoms with Crippen molar-refractivity contribution in [3.05, 3.63) is 65.0 Å². The molecular formula is C17H11F3N2O2. The minimum absolute atomic E-state index is 0.0445. The minimum Gasteiger partial charge on any atom is -0.493 e. The molecule has 0 aliphatic heterocycles. The summed E-state index contributed by atoms with van der Waals surface area (Å²) in [6, 6.07) is 7.33. The quantitative estimate of drug-likeness (QED) is 0.711. The van der Waals surface area contributed by atoms with Crippen LogP contribution in [-0.2, 0) is 6.61 Å². The van der Waals surface area contributed by atoms with Gasteiger partial charge in [0.2, 0.25) is 11.8 Å². The third-order valence-electron chi connectivity index (χ3n) is 3.49. The highest BCUT2D eigenvalue weighted by atomic mass is 19.2. The molecule has 0 atom stereocenters. The Morgan fingerprint density at radius 3 is 2.67 bits per heavy atom. The second-order valence-electron chi connectivity index (χ2n) is 4.99. The lowest BCUT2D eigenvalue weighted by Crippen LogP contribution is -2.03. The van der Waals surface area contributed by atoms with Crippen LogP contribution in [0, 0.1) is 22.9 Å². The highest BCUT2D eigenvalue weighted by Gasteiger charge is 2.15. The molecule has 1 heterocycles. The first-order valence-corrected chi connectivity index (χ1v) is 6.89. The van der Waals surface area contributed by atoms with Gasteiger partial charge in [0, 0.05) is 22.6 Å². The van der Waals surface area contributed by atoms with Crippen LogP contribution in [0.1, 0.15) is 11.1 Å². The van der Waals surface area contributed by atoms with E-state index in [1.54, 1.807) is 0 Å². The van der Waals surface area contributed by atoms with Gasteiger partial charge in [-0.25, -0.2) is 13.2 Å². The van der Waals surface area contributed by atoms with E-state index in [4.69, 9.17) is 10.1 Å². The Balaban J connectivity index is 2.04. The Labute approximate surface area is 134 Å². The van der Waals surface area contributed by atoms with Crippen molar-refractivity contribution in [1.82, 2.24) is 4.98 Å². The molecule has 2 aromatic carbocycles. The van der Waals surface area contributed by atoms with Crippen LogP contribution in [0.5, 0.6) is 11.8 Å². The van der Waals surface area contributed by atoms with Gasteiger partial charge in [-0.2, -0.15) is 4.98 Å². The Hall–Kier alpha value is -3.09. The summed E-state index contributed by atoms with van der Waals surface area (Å²) in [5.74, 6) is -3.24. The van der Waals surface area contributed by atoms with Crippen molar-refractivity contribution in [2.75, 3.05) is 0 Å². The third-order valence-corrected chi connectivity index (χ3v) is 3.49. The molecule has 3 rings (SSSR count). The molecular weight excluding hydrogens is 321 g/mol. The molecule has 0 fully saturated rings. The Kier molecular flexibility index (Phi) is 4.07. The molecule has 0 bridgehead atoms. The van der Waals surface area contributed by atoms with E-state index in [9.17, 15) is 18.3 Å². The average Bonchev–Trinajstić information content (AvgIpc) is 2.56. The predicted octanol–water partition coefficient (Wildman–Crippen LogP) is 3.93. The fourth-order valence-corrected chi connectivity index (χ4v) is 2.32. The number of aromatic hydroxyl groups is 1. The van der Waals surface area contributed by atoms with Crippen LogP contribution in [0.25, 0.3) is 10.8 Å². The summed E-state index contributed by atoms with van der Waals surface area (Å²) in [5.41, 5.74) is 0.0614. The summed E-state index contributed by atoms with van der Waals surface area (Å²) in [6.07, 6.45) is 0.887. The summed E-state index contributed by atoms with van der Waals surface area (Å²) in [5, 5.41) is 17.8. The van der Waals surface area contributed by atoms with Gasteiger partial charge < -0.3 is 15.3 Å². The average molecular weight is 332 g/mol. The van der Waals surface area contributed by atoms with E-state index in [1.807, 2.05) is 0 Å². The number of fused-ring (bicyclic) bond motifs is 1. The first-order chi connectivity index (χ1) is 11.5. The number of rotatable bonds is 4. The summed E-state index contributed by atoms with van der Waals surface area (Å²) in [4.78, 5) is 3.78. The third kappa shape index (κ3) is 2.76. The van der Waals surface area contributed by atoms with E-state index in [0.717, 1.165) is 18.3 Å². The second kappa shape index (κ2) is 6.19. The van der Waals surface area contributed by atoms with Crippen molar-refractivity contribution < 1.29 is 23.0 Å². The van der Waals surface area contributed by atoms with Crippen molar-refractivity contribution in [3.8, 4) is 11.8 Å². The molecule has 1 aromatic heterocycles. The zero-order chi connectivity index (χ0) is 17.3. The largest absolute Gasteiger partial charge is 0.493 e. The SMILES string of the molecule is N=Cc1c(O)nc(OCc2cccc(F)c2F)c2cc(F)ccc12. The van der Waals surface area contributed by atoms with Gasteiger partial charge >= 0.3 is 0 Å². The fourth-order valence-electron chi connectivity index (χ4n) is 2.32. The van der Waals surface area contributed by atoms with Crippen LogP contribution >= 0.6 is 0 Å². The van der Waals surface area contributed by atoms with Crippen LogP contribution in [-0.4, -0.2) is 16.3 Å². The van der Waals surface area contributed by atoms with Crippen molar-refractivity contribution in [2.45, 2.75) is 6.61 Å². The zero-order valence-electron chi connectivity index (χ0n) is 12.2. The molecule has 0 radical (unpaired) electrons. The zero-order valence-corrected chi connectivity index (χ0v) is 12.2. The van der Waals surface area contributed by atoms with E-state index >= 15 is 0 Å². The fraction of sp³-hybridized carbons (Fsp3) is 0.0588. The van der Waals surface area contributed by atoms with Gasteiger partial charge in [-0.3, -0.25) is 0 Å². The highest BCUT2D eigenvalue weighted by molar-refractivity contribution is 6.02. The van der Waals surface area contributed by atoms with Gasteiger partial charge in [-0.05, 0) is 18.2 Å². The highest BCUT2D eigenvalue weighted by Crippen LogP contribution is 2.32. The maximum Gasteiger partial charge on any atom is 0.225 e. The van der Waals surface area contributed by atoms with Crippen molar-refractivity contribution >= 4 is 17.0 Å². The van der Waals surface area contributed by atoms with Crippen molar-refractivity contribution in [1.29, 1.82) is 5.41 Å². The second-order valence-corrected chi connectivity index (χ2v) is 4.99. The number of benzene rings is 2. The molecule has 7 heteroatoms. The lowest BCUT2D eigenvalue weighted by atomic mass is 10.1. The molecule has 0 amide bonds. The standard InChI is InChI=1S/C17H11F3N2O2/c18-10-4-5-11-12(6-10)17(22-16(23)13(11)7-21)24-8-9-2-1-3-14(19)15(9)20/h1-7,21H,8H2,(H,22,23). The normalized spacial score (nSPS) is 10.8. The van der Waals surface area contributed by atoms with Crippen LogP contribution in [0.2, 0.25) is 0 Å². The van der Waals surface area contributed by atoms with E-state index in [1.165, 1.54) is 24.3 Å². The molecule has 24 heavy (non-hydrogen) atoms. The number of pyridine rings is 1. The summed E-state index contributed by atoms with van der Waals surface area (Å²) < 4.78 is 45.8. The van der Waals surface area contributed by atoms with Crippen molar-refractivity contribution in [2.24, 2.45) is 0 Å². The Morgan fingerprint density at radius 2 is 1.92 bits per heavy atom. The molecule has 122 valence electrons. The molecule has 0 aliphatic carbocycles. The monoisotopic (exact) mass is 332 g/mol. The van der Waals surface area contributed by atoms with E-state index in [0.29, 0.717) is 5.39 Å². The summed E-state index contributed by atoms with van der Waals surface area (Å²) in [6.45, 7) is -0.356. The number of hydrogen-bond acceptors (Lipinski definition) is 4. The summed E-state index contributed by atoms with van der Waals surface area (Å²) >= 11 is 0. The van der Waals surface area contributed by atoms with Crippen LogP contribution in [0.15, 0.2) is 36.4 Å². The van der Waals surface area contributed by atoms with E-state index in [-0.39, 0.29) is 29.0 Å². The molecule has 4 nitrogen and oxygen atoms in total. The smallest absolute Gasteiger partial charge is 0.225 e. The van der Waals surface area contributed by atoms with Crippen LogP contribution in [0.4, 0.5) is 13.2 Å². The number of ether oxygens (including phenoxy) is 1. The molecule has 0 saturated carbocycles. The van der Waals surface area contributed by atoms with Gasteiger partial charge in [0.05, 0.1) is 5.56 Å². The lowest BCUT2D eigenvalue weighted by molar-refractivity contribution is 0.285. The topological polar surface area (TPSA) is 66.2 Å². The van der Waals surface area contributed by atoms with Gasteiger partial charge in [-0.1, -0.05) is 18.2 Å². The number of nitrogens with one attached hydrogen (secondary N) is 1. The van der Waals surface area contributed by atoms with Gasteiger partial charge in [0.15, 0.2) is 11.6 Å². The lowest BCUT2D eigenvalue weighted by Gasteiger charge is -2.12. The molecule has 2 N–H and O–H groups in total. The summed E-state index contributed by atoms with van der Waals surface area (Å²) in [7, 11) is 0. The molecule has 0 spiro atoms. The minimum atomic E-state index is -1.05. The maximum atomic E-state index is 13.7. The maximum absolute atomic E-state index is 13.7. The number of aromatic nitrogens is 1. The van der Waals surface area contributed by atoms with Gasteiger partial charge in [0.1, 0.15) is 12.4 Å². The van der Waals surface area contributed by atoms with Crippen molar-refractivity contribution in [3.63, 3.8) is 0 Å². The number of hydrogen-bond donors (Lipinski definition) is 2. The van der Waals surface area contributed by atoms with Gasteiger partial charge in [-0.15, -0.1) is 0 Å².